The van der Waals surface area contributed by atoms with Crippen LogP contribution in [-0.4, -0.2) is 55.0 Å². The van der Waals surface area contributed by atoms with Gasteiger partial charge in [-0.3, -0.25) is 4.79 Å². The Kier molecular flexibility index (Phi) is 5.05. The van der Waals surface area contributed by atoms with Crippen LogP contribution in [0.15, 0.2) is 0 Å². The summed E-state index contributed by atoms with van der Waals surface area (Å²) < 4.78 is 0. The first-order valence-corrected chi connectivity index (χ1v) is 5.87. The Morgan fingerprint density at radius 2 is 2.07 bits per heavy atom. The van der Waals surface area contributed by atoms with Crippen molar-refractivity contribution < 1.29 is 4.79 Å². The third-order valence-corrected chi connectivity index (χ3v) is 3.30. The van der Waals surface area contributed by atoms with Gasteiger partial charge in [0.1, 0.15) is 0 Å². The molecule has 0 bridgehead atoms. The predicted octanol–water partition coefficient (Wildman–Crippen LogP) is 0.278. The summed E-state index contributed by atoms with van der Waals surface area (Å²) in [6.45, 7) is 5.98. The molecule has 0 radical (unpaired) electrons. The van der Waals surface area contributed by atoms with E-state index >= 15 is 0 Å². The first-order chi connectivity index (χ1) is 7.19. The normalized spacial score (nSPS) is 19.1. The number of hydrogen-bond acceptors (Lipinski definition) is 3. The molecule has 0 aromatic carbocycles. The van der Waals surface area contributed by atoms with Crippen LogP contribution in [0.3, 0.4) is 0 Å². The lowest BCUT2D eigenvalue weighted by atomic mass is 10.0. The van der Waals surface area contributed by atoms with Crippen molar-refractivity contribution in [3.63, 3.8) is 0 Å². The van der Waals surface area contributed by atoms with Gasteiger partial charge in [-0.1, -0.05) is 6.92 Å². The van der Waals surface area contributed by atoms with Gasteiger partial charge in [-0.2, -0.15) is 0 Å². The maximum absolute atomic E-state index is 11.6. The van der Waals surface area contributed by atoms with Crippen LogP contribution in [0.25, 0.3) is 0 Å². The summed E-state index contributed by atoms with van der Waals surface area (Å²) in [6, 6.07) is 0.423. The second-order valence-corrected chi connectivity index (χ2v) is 4.21. The predicted molar refractivity (Wildman–Crippen MR) is 61.6 cm³/mol. The maximum atomic E-state index is 11.6. The molecule has 0 spiro atoms. The Bertz CT molecular complexity index is 200. The van der Waals surface area contributed by atoms with Crippen molar-refractivity contribution in [1.82, 2.24) is 9.80 Å². The summed E-state index contributed by atoms with van der Waals surface area (Å²) in [6.07, 6.45) is 2.67. The van der Waals surface area contributed by atoms with Crippen LogP contribution in [0, 0.1) is 0 Å². The zero-order valence-corrected chi connectivity index (χ0v) is 9.91. The van der Waals surface area contributed by atoms with Crippen LogP contribution in [0.5, 0.6) is 0 Å². The van der Waals surface area contributed by atoms with Crippen LogP contribution < -0.4 is 5.73 Å². The fourth-order valence-electron chi connectivity index (χ4n) is 2.13. The molecule has 0 aromatic heterocycles. The smallest absolute Gasteiger partial charge is 0.223 e. The molecule has 1 aliphatic heterocycles. The number of amides is 1. The summed E-state index contributed by atoms with van der Waals surface area (Å²) in [5, 5.41) is 0. The van der Waals surface area contributed by atoms with Gasteiger partial charge in [0.25, 0.3) is 0 Å². The van der Waals surface area contributed by atoms with Gasteiger partial charge in [0.05, 0.1) is 0 Å². The molecule has 15 heavy (non-hydrogen) atoms. The van der Waals surface area contributed by atoms with Gasteiger partial charge in [-0.05, 0) is 19.4 Å². The van der Waals surface area contributed by atoms with E-state index in [4.69, 9.17) is 5.73 Å². The average molecular weight is 213 g/mol. The standard InChI is InChI=1S/C11H23N3O/c1-3-14-8-5-10(6-9-14)13(2)11(15)4-7-12/h10H,3-9,12H2,1-2H3. The summed E-state index contributed by atoms with van der Waals surface area (Å²) in [7, 11) is 1.91. The Balaban J connectivity index is 2.35. The Morgan fingerprint density at radius 3 is 2.53 bits per heavy atom. The van der Waals surface area contributed by atoms with Gasteiger partial charge in [0.2, 0.25) is 5.91 Å². The molecular formula is C11H23N3O. The molecule has 0 aliphatic carbocycles. The third-order valence-electron chi connectivity index (χ3n) is 3.30. The molecule has 4 heteroatoms. The third kappa shape index (κ3) is 3.47. The van der Waals surface area contributed by atoms with Gasteiger partial charge in [-0.25, -0.2) is 0 Å². The van der Waals surface area contributed by atoms with Crippen molar-refractivity contribution >= 4 is 5.91 Å². The van der Waals surface area contributed by atoms with E-state index in [1.165, 1.54) is 0 Å². The van der Waals surface area contributed by atoms with E-state index in [1.807, 2.05) is 11.9 Å². The molecular weight excluding hydrogens is 190 g/mol. The molecule has 0 unspecified atom stereocenters. The van der Waals surface area contributed by atoms with E-state index in [9.17, 15) is 4.79 Å². The number of carbonyl (C=O) groups is 1. The number of likely N-dealkylation sites (tertiary alicyclic amines) is 1. The summed E-state index contributed by atoms with van der Waals surface area (Å²) in [5.74, 6) is 0.187. The van der Waals surface area contributed by atoms with E-state index in [2.05, 4.69) is 11.8 Å². The number of carbonyl (C=O) groups excluding carboxylic acids is 1. The first-order valence-electron chi connectivity index (χ1n) is 5.87. The number of nitrogens with zero attached hydrogens (tertiary/aromatic N) is 2. The highest BCUT2D eigenvalue weighted by Crippen LogP contribution is 2.15. The summed E-state index contributed by atoms with van der Waals surface area (Å²) in [4.78, 5) is 15.9. The fourth-order valence-corrected chi connectivity index (χ4v) is 2.13. The van der Waals surface area contributed by atoms with Crippen molar-refractivity contribution in [2.45, 2.75) is 32.2 Å². The minimum atomic E-state index is 0.187. The number of nitrogens with two attached hydrogens (primary N) is 1. The van der Waals surface area contributed by atoms with E-state index in [-0.39, 0.29) is 5.91 Å². The molecule has 1 rings (SSSR count). The average Bonchev–Trinajstić information content (AvgIpc) is 2.28. The molecule has 0 atom stereocenters. The number of rotatable bonds is 4. The topological polar surface area (TPSA) is 49.6 Å². The monoisotopic (exact) mass is 213 g/mol. The van der Waals surface area contributed by atoms with E-state index < -0.39 is 0 Å². The highest BCUT2D eigenvalue weighted by Gasteiger charge is 2.23. The molecule has 0 saturated carbocycles. The molecule has 0 aromatic rings. The fraction of sp³-hybridized carbons (Fsp3) is 0.909. The van der Waals surface area contributed by atoms with Crippen LogP contribution in [0.4, 0.5) is 0 Å². The number of hydrogen-bond donors (Lipinski definition) is 1. The molecule has 4 nitrogen and oxygen atoms in total. The van der Waals surface area contributed by atoms with Crippen molar-refractivity contribution in [3.8, 4) is 0 Å². The van der Waals surface area contributed by atoms with Gasteiger partial charge >= 0.3 is 0 Å². The van der Waals surface area contributed by atoms with Gasteiger partial charge < -0.3 is 15.5 Å². The van der Waals surface area contributed by atoms with E-state index in [0.29, 0.717) is 19.0 Å². The van der Waals surface area contributed by atoms with Crippen LogP contribution >= 0.6 is 0 Å². The zero-order valence-electron chi connectivity index (χ0n) is 9.91. The van der Waals surface area contributed by atoms with Crippen molar-refractivity contribution in [2.75, 3.05) is 33.2 Å². The lowest BCUT2D eigenvalue weighted by Crippen LogP contribution is -2.45. The van der Waals surface area contributed by atoms with Crippen molar-refractivity contribution in [1.29, 1.82) is 0 Å². The summed E-state index contributed by atoms with van der Waals surface area (Å²) in [5.41, 5.74) is 5.38. The largest absolute Gasteiger partial charge is 0.343 e. The summed E-state index contributed by atoms with van der Waals surface area (Å²) >= 11 is 0. The number of piperidine rings is 1. The van der Waals surface area contributed by atoms with Gasteiger partial charge in [0, 0.05) is 39.1 Å². The Labute approximate surface area is 92.4 Å². The molecule has 1 amide bonds. The minimum Gasteiger partial charge on any atom is -0.343 e. The lowest BCUT2D eigenvalue weighted by Gasteiger charge is -2.36. The second kappa shape index (κ2) is 6.08. The second-order valence-electron chi connectivity index (χ2n) is 4.21. The SMILES string of the molecule is CCN1CCC(N(C)C(=O)CCN)CC1. The molecule has 88 valence electrons. The van der Waals surface area contributed by atoms with Gasteiger partial charge in [-0.15, -0.1) is 0 Å². The van der Waals surface area contributed by atoms with Crippen LogP contribution in [0.2, 0.25) is 0 Å². The molecule has 1 heterocycles. The van der Waals surface area contributed by atoms with Crippen molar-refractivity contribution in [3.05, 3.63) is 0 Å². The van der Waals surface area contributed by atoms with Crippen LogP contribution in [-0.2, 0) is 4.79 Å². The first kappa shape index (κ1) is 12.5. The minimum absolute atomic E-state index is 0.187. The molecule has 2 N–H and O–H groups in total. The maximum Gasteiger partial charge on any atom is 0.223 e. The highest BCUT2D eigenvalue weighted by atomic mass is 16.2. The Hall–Kier alpha value is -0.610. The van der Waals surface area contributed by atoms with E-state index in [1.54, 1.807) is 0 Å². The molecule has 1 aliphatic rings. The highest BCUT2D eigenvalue weighted by molar-refractivity contribution is 5.76. The Morgan fingerprint density at radius 1 is 1.47 bits per heavy atom. The molecule has 1 saturated heterocycles. The van der Waals surface area contributed by atoms with Crippen LogP contribution in [0.1, 0.15) is 26.2 Å². The quantitative estimate of drug-likeness (QED) is 0.729. The van der Waals surface area contributed by atoms with E-state index in [0.717, 1.165) is 32.5 Å². The van der Waals surface area contributed by atoms with Crippen molar-refractivity contribution in [2.24, 2.45) is 5.73 Å². The lowest BCUT2D eigenvalue weighted by molar-refractivity contribution is -0.132. The van der Waals surface area contributed by atoms with Gasteiger partial charge in [0.15, 0.2) is 0 Å². The molecule has 1 fully saturated rings. The zero-order chi connectivity index (χ0) is 11.3.